The number of hydrogen-bond acceptors (Lipinski definition) is 2. The Morgan fingerprint density at radius 2 is 2.21 bits per heavy atom. The van der Waals surface area contributed by atoms with E-state index in [0.29, 0.717) is 21.6 Å². The van der Waals surface area contributed by atoms with E-state index in [4.69, 9.17) is 34.8 Å². The smallest absolute Gasteiger partial charge is 0.0991 e. The first-order valence-corrected chi connectivity index (χ1v) is 6.67. The van der Waals surface area contributed by atoms with Crippen molar-refractivity contribution in [3.05, 3.63) is 52.5 Å². The minimum atomic E-state index is 0.352. The second kappa shape index (κ2) is 6.24. The molecule has 0 aliphatic carbocycles. The second-order valence-electron chi connectivity index (χ2n) is 3.63. The molecule has 98 valence electrons. The molecule has 0 amide bonds. The van der Waals surface area contributed by atoms with Gasteiger partial charge in [0.15, 0.2) is 0 Å². The monoisotopic (exact) mass is 313 g/mol. The van der Waals surface area contributed by atoms with Crippen molar-refractivity contribution < 1.29 is 0 Å². The number of imidazole rings is 1. The van der Waals surface area contributed by atoms with Crippen molar-refractivity contribution in [2.45, 2.75) is 0 Å². The maximum Gasteiger partial charge on any atom is 0.0991 e. The Kier molecular flexibility index (Phi) is 4.64. The summed E-state index contributed by atoms with van der Waals surface area (Å²) in [5.74, 6) is 0.352. The summed E-state index contributed by atoms with van der Waals surface area (Å²) >= 11 is 18.0. The van der Waals surface area contributed by atoms with Crippen LogP contribution in [0.2, 0.25) is 10.0 Å². The van der Waals surface area contributed by atoms with Crippen molar-refractivity contribution in [1.82, 2.24) is 9.55 Å². The van der Waals surface area contributed by atoms with Crippen LogP contribution in [0.1, 0.15) is 5.56 Å². The lowest BCUT2D eigenvalue weighted by atomic mass is 10.1. The number of halogens is 3. The molecule has 6 heteroatoms. The van der Waals surface area contributed by atoms with E-state index in [9.17, 15) is 0 Å². The summed E-state index contributed by atoms with van der Waals surface area (Å²) in [6, 6.07) is 3.55. The second-order valence-corrected chi connectivity index (χ2v) is 4.72. The molecule has 1 aromatic carbocycles. The number of allylic oxidation sites excluding steroid dienone is 1. The van der Waals surface area contributed by atoms with E-state index in [0.717, 1.165) is 11.3 Å². The van der Waals surface area contributed by atoms with Crippen LogP contribution in [0.5, 0.6) is 0 Å². The lowest BCUT2D eigenvalue weighted by Gasteiger charge is -2.13. The Bertz CT molecular complexity index is 618. The zero-order valence-corrected chi connectivity index (χ0v) is 12.1. The minimum absolute atomic E-state index is 0.352. The topological polar surface area (TPSA) is 30.2 Å². The number of rotatable bonds is 4. The molecule has 0 aliphatic heterocycles. The maximum atomic E-state index is 6.15. The van der Waals surface area contributed by atoms with Gasteiger partial charge in [-0.1, -0.05) is 23.2 Å². The third-order valence-corrected chi connectivity index (χ3v) is 3.50. The van der Waals surface area contributed by atoms with Crippen molar-refractivity contribution in [3.63, 3.8) is 0 Å². The van der Waals surface area contributed by atoms with Crippen LogP contribution in [-0.4, -0.2) is 22.1 Å². The van der Waals surface area contributed by atoms with Gasteiger partial charge in [0.1, 0.15) is 0 Å². The molecule has 0 unspecified atom stereocenters. The van der Waals surface area contributed by atoms with Crippen LogP contribution >= 0.6 is 34.8 Å². The van der Waals surface area contributed by atoms with Gasteiger partial charge in [0.05, 0.1) is 27.8 Å². The van der Waals surface area contributed by atoms with Crippen molar-refractivity contribution in [3.8, 4) is 0 Å². The van der Waals surface area contributed by atoms with Gasteiger partial charge in [-0.3, -0.25) is 4.99 Å². The molecule has 0 aliphatic rings. The number of nitrogens with zero attached hydrogens (tertiary/aromatic N) is 3. The summed E-state index contributed by atoms with van der Waals surface area (Å²) < 4.78 is 1.83. The first-order chi connectivity index (χ1) is 9.19. The van der Waals surface area contributed by atoms with E-state index < -0.39 is 0 Å². The van der Waals surface area contributed by atoms with E-state index in [1.165, 1.54) is 0 Å². The summed E-state index contributed by atoms with van der Waals surface area (Å²) in [7, 11) is 0. The van der Waals surface area contributed by atoms with Crippen molar-refractivity contribution in [2.75, 3.05) is 5.88 Å². The van der Waals surface area contributed by atoms with Gasteiger partial charge in [0.2, 0.25) is 0 Å². The fraction of sp³-hybridized carbons (Fsp3) is 0.0769. The highest BCUT2D eigenvalue weighted by Gasteiger charge is 2.14. The van der Waals surface area contributed by atoms with Crippen molar-refractivity contribution in [1.29, 1.82) is 0 Å². The van der Waals surface area contributed by atoms with Gasteiger partial charge in [0.25, 0.3) is 0 Å². The van der Waals surface area contributed by atoms with Crippen LogP contribution in [-0.2, 0) is 0 Å². The Morgan fingerprint density at radius 3 is 2.79 bits per heavy atom. The van der Waals surface area contributed by atoms with Gasteiger partial charge < -0.3 is 4.57 Å². The molecule has 19 heavy (non-hydrogen) atoms. The van der Waals surface area contributed by atoms with Crippen LogP contribution < -0.4 is 0 Å². The van der Waals surface area contributed by atoms with Gasteiger partial charge in [-0.15, -0.1) is 11.6 Å². The first kappa shape index (κ1) is 14.1. The summed E-state index contributed by atoms with van der Waals surface area (Å²) in [6.45, 7) is 3.54. The van der Waals surface area contributed by atoms with Crippen LogP contribution in [0, 0.1) is 0 Å². The summed E-state index contributed by atoms with van der Waals surface area (Å²) in [4.78, 5) is 7.98. The molecule has 1 aromatic heterocycles. The van der Waals surface area contributed by atoms with Crippen molar-refractivity contribution in [2.24, 2.45) is 4.99 Å². The molecule has 2 aromatic rings. The van der Waals surface area contributed by atoms with Crippen LogP contribution in [0.25, 0.3) is 5.70 Å². The van der Waals surface area contributed by atoms with E-state index in [1.807, 2.05) is 22.9 Å². The largest absolute Gasteiger partial charge is 0.306 e. The maximum absolute atomic E-state index is 6.15. The van der Waals surface area contributed by atoms with Gasteiger partial charge in [0, 0.05) is 23.8 Å². The average Bonchev–Trinajstić information content (AvgIpc) is 2.93. The minimum Gasteiger partial charge on any atom is -0.306 e. The third kappa shape index (κ3) is 2.84. The predicted molar refractivity (Wildman–Crippen MR) is 82.0 cm³/mol. The number of hydrogen-bond donors (Lipinski definition) is 0. The highest BCUT2D eigenvalue weighted by molar-refractivity contribution is 6.43. The molecule has 1 heterocycles. The lowest BCUT2D eigenvalue weighted by Crippen LogP contribution is -1.98. The first-order valence-electron chi connectivity index (χ1n) is 5.38. The zero-order chi connectivity index (χ0) is 13.8. The van der Waals surface area contributed by atoms with E-state index in [1.54, 1.807) is 18.6 Å². The normalized spacial score (nSPS) is 11.6. The van der Waals surface area contributed by atoms with E-state index in [2.05, 4.69) is 16.7 Å². The van der Waals surface area contributed by atoms with Crippen LogP contribution in [0.15, 0.2) is 41.9 Å². The molecule has 0 N–H and O–H groups in total. The molecule has 0 saturated heterocycles. The SMILES string of the molecule is C=Nc1c(/C(=C\CCl)n2ccnc2)ccc(Cl)c1Cl. The van der Waals surface area contributed by atoms with Gasteiger partial charge in [-0.25, -0.2) is 4.98 Å². The van der Waals surface area contributed by atoms with Gasteiger partial charge >= 0.3 is 0 Å². The predicted octanol–water partition coefficient (Wildman–Crippen LogP) is 4.65. The highest BCUT2D eigenvalue weighted by atomic mass is 35.5. The van der Waals surface area contributed by atoms with Crippen molar-refractivity contribution >= 4 is 52.9 Å². The molecule has 0 spiro atoms. The number of benzene rings is 1. The summed E-state index contributed by atoms with van der Waals surface area (Å²) in [5, 5.41) is 0.804. The van der Waals surface area contributed by atoms with E-state index >= 15 is 0 Å². The Hall–Kier alpha value is -1.29. The number of alkyl halides is 1. The quantitative estimate of drug-likeness (QED) is 0.597. The summed E-state index contributed by atoms with van der Waals surface area (Å²) in [6.07, 6.45) is 7.01. The molecule has 0 saturated carbocycles. The van der Waals surface area contributed by atoms with Gasteiger partial charge in [-0.05, 0) is 24.9 Å². The molecule has 0 fully saturated rings. The molecule has 2 rings (SSSR count). The zero-order valence-electron chi connectivity index (χ0n) is 9.85. The Morgan fingerprint density at radius 1 is 1.42 bits per heavy atom. The fourth-order valence-electron chi connectivity index (χ4n) is 1.73. The molecule has 0 atom stereocenters. The molecule has 3 nitrogen and oxygen atoms in total. The Labute approximate surface area is 126 Å². The number of aliphatic imine (C=N–C) groups is 1. The lowest BCUT2D eigenvalue weighted by molar-refractivity contribution is 1.08. The Balaban J connectivity index is 2.65. The third-order valence-electron chi connectivity index (χ3n) is 2.56. The average molecular weight is 315 g/mol. The van der Waals surface area contributed by atoms with E-state index in [-0.39, 0.29) is 0 Å². The van der Waals surface area contributed by atoms with Crippen LogP contribution in [0.3, 0.4) is 0 Å². The fourth-order valence-corrected chi connectivity index (χ4v) is 2.25. The standard InChI is InChI=1S/C13H10Cl3N3/c1-17-13-9(2-3-10(15)12(13)16)11(4-5-14)19-7-6-18-8-19/h2-4,6-8H,1,5H2/b11-4+. The van der Waals surface area contributed by atoms with Crippen LogP contribution in [0.4, 0.5) is 5.69 Å². The molecule has 0 bridgehead atoms. The van der Waals surface area contributed by atoms with Gasteiger partial charge in [-0.2, -0.15) is 0 Å². The molecular weight excluding hydrogens is 305 g/mol. The highest BCUT2D eigenvalue weighted by Crippen LogP contribution is 2.38. The molecule has 0 radical (unpaired) electrons. The number of aromatic nitrogens is 2. The summed E-state index contributed by atoms with van der Waals surface area (Å²) in [5.41, 5.74) is 2.15. The molecular formula is C13H10Cl3N3.